The number of benzene rings is 1. The zero-order chi connectivity index (χ0) is 20.0. The summed E-state index contributed by atoms with van der Waals surface area (Å²) in [7, 11) is 2.37. The van der Waals surface area contributed by atoms with Crippen LogP contribution in [0.4, 0.5) is 18.9 Å². The number of carbonyl (C=O) groups excluding carboxylic acids is 1. The van der Waals surface area contributed by atoms with Crippen LogP contribution in [0.3, 0.4) is 0 Å². The topological polar surface area (TPSA) is 61.8 Å². The summed E-state index contributed by atoms with van der Waals surface area (Å²) in [5.41, 5.74) is 1.01. The minimum atomic E-state index is -4.36. The summed E-state index contributed by atoms with van der Waals surface area (Å²) in [6.07, 6.45) is -2.22. The standard InChI is InChI=1S/C18H23F3N2O2.CH4O/c1-25-17(24)12-5-8-23(9-6-12)16-10-14(18(19,20)21)2-3-15(16)13-4-7-22-11-13;1-2/h2-3,10,12-13,22H,4-9,11H2,1H3;2H,1H3. The third kappa shape index (κ3) is 5.13. The average Bonchev–Trinajstić information content (AvgIpc) is 3.22. The molecular weight excluding hydrogens is 361 g/mol. The molecule has 5 nitrogen and oxygen atoms in total. The number of piperidine rings is 1. The van der Waals surface area contributed by atoms with Crippen molar-refractivity contribution in [2.45, 2.75) is 31.4 Å². The van der Waals surface area contributed by atoms with E-state index in [1.807, 2.05) is 4.90 Å². The van der Waals surface area contributed by atoms with Gasteiger partial charge in [0.05, 0.1) is 18.6 Å². The Balaban J connectivity index is 0.00000126. The minimum Gasteiger partial charge on any atom is -0.469 e. The van der Waals surface area contributed by atoms with Crippen LogP contribution in [-0.2, 0) is 15.7 Å². The fraction of sp³-hybridized carbons (Fsp3) is 0.632. The van der Waals surface area contributed by atoms with Gasteiger partial charge in [0.15, 0.2) is 0 Å². The molecule has 2 fully saturated rings. The predicted octanol–water partition coefficient (Wildman–Crippen LogP) is 2.78. The first-order valence-electron chi connectivity index (χ1n) is 9.09. The molecule has 2 aliphatic heterocycles. The van der Waals surface area contributed by atoms with Gasteiger partial charge < -0.3 is 20.1 Å². The number of methoxy groups -OCH3 is 1. The minimum absolute atomic E-state index is 0.163. The van der Waals surface area contributed by atoms with Crippen LogP contribution in [0, 0.1) is 5.92 Å². The summed E-state index contributed by atoms with van der Waals surface area (Å²) in [6, 6.07) is 4.08. The maximum atomic E-state index is 13.2. The van der Waals surface area contributed by atoms with Gasteiger partial charge in [-0.15, -0.1) is 0 Å². The van der Waals surface area contributed by atoms with Gasteiger partial charge in [-0.3, -0.25) is 4.79 Å². The number of halogens is 3. The van der Waals surface area contributed by atoms with E-state index in [1.165, 1.54) is 19.2 Å². The second-order valence-corrected chi connectivity index (χ2v) is 6.75. The third-order valence-corrected chi connectivity index (χ3v) is 5.23. The van der Waals surface area contributed by atoms with Crippen LogP contribution in [0.2, 0.25) is 0 Å². The highest BCUT2D eigenvalue weighted by Gasteiger charge is 2.34. The lowest BCUT2D eigenvalue weighted by Crippen LogP contribution is -2.37. The number of aliphatic hydroxyl groups is 1. The van der Waals surface area contributed by atoms with E-state index in [1.54, 1.807) is 6.07 Å². The number of carbonyl (C=O) groups is 1. The van der Waals surface area contributed by atoms with Crippen molar-refractivity contribution in [3.8, 4) is 0 Å². The molecule has 27 heavy (non-hydrogen) atoms. The van der Waals surface area contributed by atoms with Crippen molar-refractivity contribution in [3.63, 3.8) is 0 Å². The number of nitrogens with one attached hydrogen (secondary N) is 1. The Kier molecular flexibility index (Phi) is 7.49. The number of ether oxygens (including phenoxy) is 1. The highest BCUT2D eigenvalue weighted by atomic mass is 19.4. The van der Waals surface area contributed by atoms with Crippen molar-refractivity contribution in [1.29, 1.82) is 0 Å². The van der Waals surface area contributed by atoms with Crippen molar-refractivity contribution in [2.24, 2.45) is 5.92 Å². The lowest BCUT2D eigenvalue weighted by Gasteiger charge is -2.35. The molecule has 1 aromatic carbocycles. The van der Waals surface area contributed by atoms with E-state index in [4.69, 9.17) is 9.84 Å². The lowest BCUT2D eigenvalue weighted by atomic mass is 9.91. The molecule has 8 heteroatoms. The number of hydrogen-bond acceptors (Lipinski definition) is 5. The van der Waals surface area contributed by atoms with Gasteiger partial charge in [-0.2, -0.15) is 13.2 Å². The van der Waals surface area contributed by atoms with E-state index in [-0.39, 0.29) is 17.8 Å². The number of alkyl halides is 3. The van der Waals surface area contributed by atoms with Crippen LogP contribution >= 0.6 is 0 Å². The van der Waals surface area contributed by atoms with Crippen LogP contribution in [0.25, 0.3) is 0 Å². The van der Waals surface area contributed by atoms with E-state index in [0.29, 0.717) is 31.6 Å². The van der Waals surface area contributed by atoms with E-state index < -0.39 is 11.7 Å². The first-order chi connectivity index (χ1) is 12.9. The first-order valence-corrected chi connectivity index (χ1v) is 9.09. The van der Waals surface area contributed by atoms with Gasteiger partial charge in [0.2, 0.25) is 0 Å². The van der Waals surface area contributed by atoms with E-state index >= 15 is 0 Å². The molecule has 2 saturated heterocycles. The molecule has 1 aromatic rings. The molecule has 1 atom stereocenters. The SMILES string of the molecule is CO.COC(=O)C1CCN(c2cc(C(F)(F)F)ccc2C2CCNC2)CC1. The van der Waals surface area contributed by atoms with E-state index in [0.717, 1.165) is 32.2 Å². The maximum absolute atomic E-state index is 13.2. The van der Waals surface area contributed by atoms with Crippen LogP contribution in [0.1, 0.15) is 36.3 Å². The van der Waals surface area contributed by atoms with E-state index in [9.17, 15) is 18.0 Å². The molecular formula is C19H27F3N2O3. The smallest absolute Gasteiger partial charge is 0.416 e. The summed E-state index contributed by atoms with van der Waals surface area (Å²) < 4.78 is 44.3. The molecule has 2 N–H and O–H groups in total. The fourth-order valence-electron chi connectivity index (χ4n) is 3.78. The molecule has 2 heterocycles. The van der Waals surface area contributed by atoms with Gasteiger partial charge in [-0.1, -0.05) is 6.07 Å². The largest absolute Gasteiger partial charge is 0.469 e. The number of rotatable bonds is 3. The first kappa shape index (κ1) is 21.5. The monoisotopic (exact) mass is 388 g/mol. The zero-order valence-corrected chi connectivity index (χ0v) is 15.7. The Hall–Kier alpha value is -1.80. The Labute approximate surface area is 157 Å². The number of esters is 1. The highest BCUT2D eigenvalue weighted by Crippen LogP contribution is 2.38. The molecule has 3 rings (SSSR count). The molecule has 152 valence electrons. The molecule has 0 bridgehead atoms. The van der Waals surface area contributed by atoms with Crippen molar-refractivity contribution >= 4 is 11.7 Å². The molecule has 0 spiro atoms. The van der Waals surface area contributed by atoms with Gasteiger partial charge >= 0.3 is 12.1 Å². The Morgan fingerprint density at radius 3 is 2.41 bits per heavy atom. The van der Waals surface area contributed by atoms with Gasteiger partial charge in [0.1, 0.15) is 0 Å². The molecule has 0 aliphatic carbocycles. The highest BCUT2D eigenvalue weighted by molar-refractivity contribution is 5.73. The van der Waals surface area contributed by atoms with Crippen molar-refractivity contribution in [1.82, 2.24) is 5.32 Å². The van der Waals surface area contributed by atoms with Gasteiger partial charge in [-0.05, 0) is 49.4 Å². The van der Waals surface area contributed by atoms with E-state index in [2.05, 4.69) is 5.32 Å². The Morgan fingerprint density at radius 1 is 1.22 bits per heavy atom. The number of aliphatic hydroxyl groups excluding tert-OH is 1. The summed E-state index contributed by atoms with van der Waals surface area (Å²) in [5, 5.41) is 10.3. The third-order valence-electron chi connectivity index (χ3n) is 5.23. The number of anilines is 1. The van der Waals surface area contributed by atoms with Gasteiger partial charge in [0.25, 0.3) is 0 Å². The average molecular weight is 388 g/mol. The number of hydrogen-bond donors (Lipinski definition) is 2. The molecule has 0 radical (unpaired) electrons. The number of nitrogens with zero attached hydrogens (tertiary/aromatic N) is 1. The molecule has 0 saturated carbocycles. The molecule has 0 aromatic heterocycles. The van der Waals surface area contributed by atoms with Crippen molar-refractivity contribution < 1.29 is 27.8 Å². The summed E-state index contributed by atoms with van der Waals surface area (Å²) in [4.78, 5) is 13.7. The van der Waals surface area contributed by atoms with Gasteiger partial charge in [-0.25, -0.2) is 0 Å². The summed E-state index contributed by atoms with van der Waals surface area (Å²) in [6.45, 7) is 2.80. The fourth-order valence-corrected chi connectivity index (χ4v) is 3.78. The molecule has 2 aliphatic rings. The van der Waals surface area contributed by atoms with Crippen LogP contribution < -0.4 is 10.2 Å². The lowest BCUT2D eigenvalue weighted by molar-refractivity contribution is -0.146. The van der Waals surface area contributed by atoms with Crippen molar-refractivity contribution in [2.75, 3.05) is 45.3 Å². The van der Waals surface area contributed by atoms with Crippen molar-refractivity contribution in [3.05, 3.63) is 29.3 Å². The van der Waals surface area contributed by atoms with Crippen LogP contribution in [0.15, 0.2) is 18.2 Å². The summed E-state index contributed by atoms with van der Waals surface area (Å²) in [5.74, 6) is -0.164. The molecule has 1 unspecified atom stereocenters. The zero-order valence-electron chi connectivity index (χ0n) is 15.7. The van der Waals surface area contributed by atoms with Gasteiger partial charge in [0, 0.05) is 32.4 Å². The normalized spacial score (nSPS) is 20.8. The second kappa shape index (κ2) is 9.41. The van der Waals surface area contributed by atoms with Crippen LogP contribution in [-0.4, -0.2) is 51.5 Å². The van der Waals surface area contributed by atoms with Crippen LogP contribution in [0.5, 0.6) is 0 Å². The quantitative estimate of drug-likeness (QED) is 0.780. The summed E-state index contributed by atoms with van der Waals surface area (Å²) >= 11 is 0. The predicted molar refractivity (Wildman–Crippen MR) is 96.8 cm³/mol. The maximum Gasteiger partial charge on any atom is 0.416 e. The second-order valence-electron chi connectivity index (χ2n) is 6.75. The Bertz CT molecular complexity index is 623. The Morgan fingerprint density at radius 2 is 1.89 bits per heavy atom. The molecule has 0 amide bonds.